The first-order chi connectivity index (χ1) is 12.6. The molecular formula is C19H24N4O3. The van der Waals surface area contributed by atoms with Gasteiger partial charge in [-0.1, -0.05) is 18.9 Å². The lowest BCUT2D eigenvalue weighted by Crippen LogP contribution is -2.37. The van der Waals surface area contributed by atoms with Crippen molar-refractivity contribution in [2.45, 2.75) is 32.6 Å². The second-order valence-corrected chi connectivity index (χ2v) is 6.63. The van der Waals surface area contributed by atoms with Crippen LogP contribution < -0.4 is 5.32 Å². The summed E-state index contributed by atoms with van der Waals surface area (Å²) in [4.78, 5) is 28.8. The molecule has 2 heterocycles. The summed E-state index contributed by atoms with van der Waals surface area (Å²) in [5.74, 6) is 0.293. The van der Waals surface area contributed by atoms with Crippen LogP contribution in [0.25, 0.3) is 5.82 Å². The fourth-order valence-electron chi connectivity index (χ4n) is 3.58. The number of aromatic nitrogens is 3. The predicted molar refractivity (Wildman–Crippen MR) is 95.9 cm³/mol. The lowest BCUT2D eigenvalue weighted by molar-refractivity contribution is -0.148. The molecule has 1 saturated carbocycles. The maximum atomic E-state index is 12.6. The number of rotatable bonds is 5. The van der Waals surface area contributed by atoms with Gasteiger partial charge in [-0.15, -0.1) is 0 Å². The Hall–Kier alpha value is -2.70. The Morgan fingerprint density at radius 3 is 2.85 bits per heavy atom. The van der Waals surface area contributed by atoms with Crippen molar-refractivity contribution < 1.29 is 14.3 Å². The summed E-state index contributed by atoms with van der Waals surface area (Å²) >= 11 is 0. The number of esters is 1. The van der Waals surface area contributed by atoms with Gasteiger partial charge in [0.1, 0.15) is 0 Å². The van der Waals surface area contributed by atoms with Gasteiger partial charge >= 0.3 is 5.97 Å². The monoisotopic (exact) mass is 356 g/mol. The van der Waals surface area contributed by atoms with E-state index in [1.165, 1.54) is 7.11 Å². The number of pyridine rings is 1. The van der Waals surface area contributed by atoms with Crippen LogP contribution in [0.15, 0.2) is 30.6 Å². The highest BCUT2D eigenvalue weighted by Gasteiger charge is 2.32. The molecule has 1 N–H and O–H groups in total. The molecule has 2 aromatic heterocycles. The molecule has 2 aromatic rings. The first kappa shape index (κ1) is 18.1. The highest BCUT2D eigenvalue weighted by molar-refractivity contribution is 5.95. The van der Waals surface area contributed by atoms with E-state index in [0.717, 1.165) is 31.4 Å². The molecule has 0 bridgehead atoms. The molecule has 1 amide bonds. The molecule has 7 nitrogen and oxygen atoms in total. The lowest BCUT2D eigenvalue weighted by atomic mass is 9.79. The molecule has 26 heavy (non-hydrogen) atoms. The van der Waals surface area contributed by atoms with Crippen molar-refractivity contribution in [3.05, 3.63) is 41.9 Å². The van der Waals surface area contributed by atoms with E-state index in [9.17, 15) is 9.59 Å². The van der Waals surface area contributed by atoms with Gasteiger partial charge < -0.3 is 10.1 Å². The normalized spacial score (nSPS) is 19.8. The fourth-order valence-corrected chi connectivity index (χ4v) is 3.58. The van der Waals surface area contributed by atoms with Crippen LogP contribution >= 0.6 is 0 Å². The van der Waals surface area contributed by atoms with E-state index < -0.39 is 0 Å². The Balaban J connectivity index is 1.67. The maximum Gasteiger partial charge on any atom is 0.309 e. The summed E-state index contributed by atoms with van der Waals surface area (Å²) in [6, 6.07) is 5.54. The van der Waals surface area contributed by atoms with Gasteiger partial charge in [-0.2, -0.15) is 5.10 Å². The molecule has 0 saturated heterocycles. The zero-order chi connectivity index (χ0) is 18.5. The average Bonchev–Trinajstić information content (AvgIpc) is 3.08. The number of carbonyl (C=O) groups excluding carboxylic acids is 2. The third kappa shape index (κ3) is 3.76. The highest BCUT2D eigenvalue weighted by Crippen LogP contribution is 2.30. The topological polar surface area (TPSA) is 86.1 Å². The van der Waals surface area contributed by atoms with Crippen molar-refractivity contribution in [2.24, 2.45) is 11.8 Å². The number of methoxy groups -OCH3 is 1. The zero-order valence-electron chi connectivity index (χ0n) is 15.1. The van der Waals surface area contributed by atoms with Gasteiger partial charge in [0.15, 0.2) is 5.82 Å². The predicted octanol–water partition coefficient (Wildman–Crippen LogP) is 2.28. The Kier molecular flexibility index (Phi) is 5.65. The van der Waals surface area contributed by atoms with Crippen molar-refractivity contribution >= 4 is 11.9 Å². The van der Waals surface area contributed by atoms with Crippen molar-refractivity contribution in [1.82, 2.24) is 20.1 Å². The van der Waals surface area contributed by atoms with Crippen LogP contribution in [0.3, 0.4) is 0 Å². The number of nitrogens with one attached hydrogen (secondary N) is 1. The van der Waals surface area contributed by atoms with E-state index >= 15 is 0 Å². The second kappa shape index (κ2) is 8.12. The number of amides is 1. The van der Waals surface area contributed by atoms with Crippen LogP contribution in [0.2, 0.25) is 0 Å². The van der Waals surface area contributed by atoms with E-state index in [1.54, 1.807) is 17.1 Å². The minimum absolute atomic E-state index is 0.117. The van der Waals surface area contributed by atoms with Gasteiger partial charge in [-0.3, -0.25) is 9.59 Å². The quantitative estimate of drug-likeness (QED) is 0.831. The minimum Gasteiger partial charge on any atom is -0.469 e. The first-order valence-electron chi connectivity index (χ1n) is 8.94. The molecule has 7 heteroatoms. The molecule has 0 spiro atoms. The summed E-state index contributed by atoms with van der Waals surface area (Å²) in [6.45, 7) is 2.31. The number of ether oxygens (including phenoxy) is 1. The standard InChI is InChI=1S/C19H24N4O3/c1-13-16(12-22-23(13)17-9-5-6-10-20-17)18(24)21-11-14-7-3-4-8-15(14)19(25)26-2/h5-6,9-10,12,14-15H,3-4,7-8,11H2,1-2H3,(H,21,24). The molecule has 0 radical (unpaired) electrons. The summed E-state index contributed by atoms with van der Waals surface area (Å²) in [7, 11) is 1.42. The van der Waals surface area contributed by atoms with Gasteiger partial charge in [0, 0.05) is 12.7 Å². The van der Waals surface area contributed by atoms with E-state index in [2.05, 4.69) is 15.4 Å². The molecule has 2 atom stereocenters. The van der Waals surface area contributed by atoms with E-state index in [-0.39, 0.29) is 23.7 Å². The smallest absolute Gasteiger partial charge is 0.309 e. The number of hydrogen-bond donors (Lipinski definition) is 1. The molecule has 138 valence electrons. The maximum absolute atomic E-state index is 12.6. The van der Waals surface area contributed by atoms with E-state index in [1.807, 2.05) is 25.1 Å². The zero-order valence-corrected chi connectivity index (χ0v) is 15.1. The van der Waals surface area contributed by atoms with Gasteiger partial charge in [-0.05, 0) is 37.8 Å². The number of nitrogens with zero attached hydrogens (tertiary/aromatic N) is 3. The first-order valence-corrected chi connectivity index (χ1v) is 8.94. The average molecular weight is 356 g/mol. The van der Waals surface area contributed by atoms with Crippen molar-refractivity contribution in [3.63, 3.8) is 0 Å². The van der Waals surface area contributed by atoms with Crippen molar-refractivity contribution in [1.29, 1.82) is 0 Å². The summed E-state index contributed by atoms with van der Waals surface area (Å²) < 4.78 is 6.56. The summed E-state index contributed by atoms with van der Waals surface area (Å²) in [6.07, 6.45) is 7.09. The number of hydrogen-bond acceptors (Lipinski definition) is 5. The third-order valence-electron chi connectivity index (χ3n) is 5.06. The highest BCUT2D eigenvalue weighted by atomic mass is 16.5. The van der Waals surface area contributed by atoms with Gasteiger partial charge in [0.2, 0.25) is 0 Å². The molecule has 1 aliphatic rings. The fraction of sp³-hybridized carbons (Fsp3) is 0.474. The van der Waals surface area contributed by atoms with Gasteiger partial charge in [0.05, 0.1) is 30.5 Å². The Bertz CT molecular complexity index is 772. The van der Waals surface area contributed by atoms with Crippen LogP contribution in [-0.2, 0) is 9.53 Å². The van der Waals surface area contributed by atoms with Crippen molar-refractivity contribution in [3.8, 4) is 5.82 Å². The van der Waals surface area contributed by atoms with Crippen LogP contribution in [0.4, 0.5) is 0 Å². The largest absolute Gasteiger partial charge is 0.469 e. The second-order valence-electron chi connectivity index (χ2n) is 6.63. The molecule has 2 unspecified atom stereocenters. The van der Waals surface area contributed by atoms with E-state index in [0.29, 0.717) is 17.9 Å². The molecule has 1 aliphatic carbocycles. The Labute approximate surface area is 152 Å². The van der Waals surface area contributed by atoms with Crippen LogP contribution in [0.1, 0.15) is 41.7 Å². The molecular weight excluding hydrogens is 332 g/mol. The Morgan fingerprint density at radius 2 is 2.12 bits per heavy atom. The van der Waals surface area contributed by atoms with Gasteiger partial charge in [0.25, 0.3) is 5.91 Å². The minimum atomic E-state index is -0.182. The molecule has 0 aromatic carbocycles. The van der Waals surface area contributed by atoms with E-state index in [4.69, 9.17) is 4.74 Å². The molecule has 1 fully saturated rings. The lowest BCUT2D eigenvalue weighted by Gasteiger charge is -2.29. The molecule has 0 aliphatic heterocycles. The van der Waals surface area contributed by atoms with Crippen LogP contribution in [-0.4, -0.2) is 40.3 Å². The molecule has 3 rings (SSSR count). The van der Waals surface area contributed by atoms with Crippen molar-refractivity contribution in [2.75, 3.05) is 13.7 Å². The Morgan fingerprint density at radius 1 is 1.31 bits per heavy atom. The number of carbonyl (C=O) groups is 2. The van der Waals surface area contributed by atoms with Crippen LogP contribution in [0.5, 0.6) is 0 Å². The third-order valence-corrected chi connectivity index (χ3v) is 5.06. The SMILES string of the molecule is COC(=O)C1CCCCC1CNC(=O)c1cnn(-c2ccccn2)c1C. The van der Waals surface area contributed by atoms with Crippen LogP contribution in [0, 0.1) is 18.8 Å². The summed E-state index contributed by atoms with van der Waals surface area (Å²) in [5, 5.41) is 7.24. The summed E-state index contributed by atoms with van der Waals surface area (Å²) in [5.41, 5.74) is 1.25. The van der Waals surface area contributed by atoms with Gasteiger partial charge in [-0.25, -0.2) is 9.67 Å².